The minimum Gasteiger partial charge on any atom is -0.495 e. The zero-order valence-electron chi connectivity index (χ0n) is 20.4. The first-order chi connectivity index (χ1) is 17.0. The van der Waals surface area contributed by atoms with E-state index in [9.17, 15) is 14.1 Å². The molecule has 0 spiro atoms. The van der Waals surface area contributed by atoms with Crippen LogP contribution in [-0.2, 0) is 16.6 Å². The van der Waals surface area contributed by atoms with E-state index in [4.69, 9.17) is 9.15 Å². The monoisotopic (exact) mass is 496 g/mol. The summed E-state index contributed by atoms with van der Waals surface area (Å²) in [6.07, 6.45) is 4.17. The maximum atomic E-state index is 13.6. The first-order valence-corrected chi connectivity index (χ1v) is 13.2. The standard InChI is InChI=1S/C27H32N2O5S/c1-4-28(5-2)16-21-12-14-29(21)23-8-6-7-9-24(23)35(32)18-20-10-11-22(19-13-15-34-17-19)26(33-3)25(20)27(30)31/h6-11,13,15,17,21H,4-5,12,14,16,18H2,1-3H3,(H,30,31). The molecule has 1 fully saturated rings. The van der Waals surface area contributed by atoms with Crippen molar-refractivity contribution in [1.29, 1.82) is 0 Å². The molecule has 2 heterocycles. The quantitative estimate of drug-likeness (QED) is 0.405. The van der Waals surface area contributed by atoms with Crippen LogP contribution < -0.4 is 9.64 Å². The van der Waals surface area contributed by atoms with Crippen LogP contribution in [0, 0.1) is 0 Å². The number of carboxylic acids is 1. The molecule has 2 atom stereocenters. The highest BCUT2D eigenvalue weighted by molar-refractivity contribution is 7.84. The molecule has 2 aromatic carbocycles. The Bertz CT molecular complexity index is 1190. The van der Waals surface area contributed by atoms with E-state index in [1.54, 1.807) is 24.5 Å². The van der Waals surface area contributed by atoms with Gasteiger partial charge in [0.05, 0.1) is 46.8 Å². The molecule has 1 N–H and O–H groups in total. The number of ether oxygens (including phenoxy) is 1. The second kappa shape index (κ2) is 11.1. The molecule has 1 aliphatic rings. The van der Waals surface area contributed by atoms with Gasteiger partial charge in [-0.25, -0.2) is 4.79 Å². The maximum Gasteiger partial charge on any atom is 0.339 e. The first-order valence-electron chi connectivity index (χ1n) is 11.9. The summed E-state index contributed by atoms with van der Waals surface area (Å²) < 4.78 is 24.3. The number of rotatable bonds is 11. The Hall–Kier alpha value is -3.10. The second-order valence-corrected chi connectivity index (χ2v) is 10.00. The lowest BCUT2D eigenvalue weighted by Gasteiger charge is -2.45. The number of para-hydroxylation sites is 1. The fraction of sp³-hybridized carbons (Fsp3) is 0.370. The number of carbonyl (C=O) groups is 1. The molecule has 35 heavy (non-hydrogen) atoms. The molecule has 0 saturated carbocycles. The smallest absolute Gasteiger partial charge is 0.339 e. The second-order valence-electron chi connectivity index (χ2n) is 8.58. The lowest BCUT2D eigenvalue weighted by Crippen LogP contribution is -2.54. The third-order valence-electron chi connectivity index (χ3n) is 6.71. The summed E-state index contributed by atoms with van der Waals surface area (Å²) in [7, 11) is 0.00723. The number of carboxylic acid groups (broad SMARTS) is 1. The zero-order chi connectivity index (χ0) is 24.9. The number of anilines is 1. The van der Waals surface area contributed by atoms with Gasteiger partial charge in [0.25, 0.3) is 0 Å². The Morgan fingerprint density at radius 2 is 1.97 bits per heavy atom. The molecule has 3 aromatic rings. The third kappa shape index (κ3) is 5.13. The molecule has 186 valence electrons. The van der Waals surface area contributed by atoms with Crippen molar-refractivity contribution >= 4 is 22.5 Å². The number of nitrogens with zero attached hydrogens (tertiary/aromatic N) is 2. The highest BCUT2D eigenvalue weighted by atomic mass is 32.2. The molecule has 8 heteroatoms. The van der Waals surface area contributed by atoms with Gasteiger partial charge >= 0.3 is 5.97 Å². The first kappa shape index (κ1) is 25.0. The van der Waals surface area contributed by atoms with Crippen molar-refractivity contribution in [1.82, 2.24) is 4.90 Å². The van der Waals surface area contributed by atoms with Crippen LogP contribution in [0.25, 0.3) is 11.1 Å². The predicted molar refractivity (Wildman–Crippen MR) is 138 cm³/mol. The number of methoxy groups -OCH3 is 1. The normalized spacial score (nSPS) is 16.2. The van der Waals surface area contributed by atoms with Crippen LogP contribution in [0.1, 0.15) is 36.2 Å². The van der Waals surface area contributed by atoms with Gasteiger partial charge in [-0.15, -0.1) is 0 Å². The van der Waals surface area contributed by atoms with Crippen molar-refractivity contribution < 1.29 is 23.3 Å². The summed E-state index contributed by atoms with van der Waals surface area (Å²) in [5.41, 5.74) is 2.80. The molecule has 2 unspecified atom stereocenters. The number of furan rings is 1. The Labute approximate surface area is 208 Å². The molecule has 1 aliphatic heterocycles. The van der Waals surface area contributed by atoms with Crippen molar-refractivity contribution in [2.75, 3.05) is 38.2 Å². The van der Waals surface area contributed by atoms with Gasteiger partial charge in [-0.1, -0.05) is 38.1 Å². The van der Waals surface area contributed by atoms with Crippen molar-refractivity contribution in [3.8, 4) is 16.9 Å². The van der Waals surface area contributed by atoms with E-state index >= 15 is 0 Å². The van der Waals surface area contributed by atoms with Crippen LogP contribution in [0.15, 0.2) is 64.3 Å². The Morgan fingerprint density at radius 3 is 2.57 bits per heavy atom. The van der Waals surface area contributed by atoms with Crippen molar-refractivity contribution in [3.05, 3.63) is 66.1 Å². The number of likely N-dealkylation sites (N-methyl/N-ethyl adjacent to an activating group) is 1. The van der Waals surface area contributed by atoms with E-state index in [0.717, 1.165) is 48.7 Å². The van der Waals surface area contributed by atoms with Gasteiger partial charge in [0.1, 0.15) is 11.3 Å². The number of aromatic carboxylic acids is 1. The fourth-order valence-electron chi connectivity index (χ4n) is 4.67. The summed E-state index contributed by atoms with van der Waals surface area (Å²) in [6.45, 7) is 8.24. The van der Waals surface area contributed by atoms with E-state index in [1.165, 1.54) is 13.4 Å². The Kier molecular flexibility index (Phi) is 7.93. The lowest BCUT2D eigenvalue weighted by molar-refractivity contribution is 0.0692. The largest absolute Gasteiger partial charge is 0.495 e. The maximum absolute atomic E-state index is 13.6. The molecule has 7 nitrogen and oxygen atoms in total. The van der Waals surface area contributed by atoms with Crippen molar-refractivity contribution in [3.63, 3.8) is 0 Å². The molecular formula is C27H32N2O5S. The van der Waals surface area contributed by atoms with Crippen molar-refractivity contribution in [2.24, 2.45) is 0 Å². The zero-order valence-corrected chi connectivity index (χ0v) is 21.2. The third-order valence-corrected chi connectivity index (χ3v) is 8.12. The lowest BCUT2D eigenvalue weighted by atomic mass is 9.99. The van der Waals surface area contributed by atoms with Gasteiger partial charge in [0, 0.05) is 30.3 Å². The van der Waals surface area contributed by atoms with Crippen LogP contribution in [-0.4, -0.2) is 59.5 Å². The summed E-state index contributed by atoms with van der Waals surface area (Å²) in [6, 6.07) is 13.4. The molecule has 0 radical (unpaired) electrons. The van der Waals surface area contributed by atoms with Gasteiger partial charge in [-0.2, -0.15) is 0 Å². The van der Waals surface area contributed by atoms with E-state index < -0.39 is 16.8 Å². The number of hydrogen-bond donors (Lipinski definition) is 1. The van der Waals surface area contributed by atoms with Gasteiger partial charge in [-0.05, 0) is 43.3 Å². The summed E-state index contributed by atoms with van der Waals surface area (Å²) in [5.74, 6) is -0.798. The van der Waals surface area contributed by atoms with Crippen LogP contribution >= 0.6 is 0 Å². The fourth-order valence-corrected chi connectivity index (χ4v) is 6.00. The molecule has 1 saturated heterocycles. The van der Waals surface area contributed by atoms with E-state index in [0.29, 0.717) is 17.2 Å². The molecule has 0 amide bonds. The average Bonchev–Trinajstić information content (AvgIpc) is 3.38. The van der Waals surface area contributed by atoms with Crippen LogP contribution in [0.5, 0.6) is 5.75 Å². The number of hydrogen-bond acceptors (Lipinski definition) is 6. The average molecular weight is 497 g/mol. The molecule has 4 rings (SSSR count). The SMILES string of the molecule is CCN(CC)CC1CCN1c1ccccc1S(=O)Cc1ccc(-c2ccoc2)c(OC)c1C(=O)O. The summed E-state index contributed by atoms with van der Waals surface area (Å²) >= 11 is 0. The molecular weight excluding hydrogens is 464 g/mol. The van der Waals surface area contributed by atoms with Gasteiger partial charge < -0.3 is 24.1 Å². The Morgan fingerprint density at radius 1 is 1.20 bits per heavy atom. The summed E-state index contributed by atoms with van der Waals surface area (Å²) in [4.78, 5) is 17.7. The molecule has 0 bridgehead atoms. The van der Waals surface area contributed by atoms with Crippen molar-refractivity contribution in [2.45, 2.75) is 37.0 Å². The van der Waals surface area contributed by atoms with Gasteiger partial charge in [0.15, 0.2) is 0 Å². The highest BCUT2D eigenvalue weighted by Crippen LogP contribution is 2.37. The van der Waals surface area contributed by atoms with Gasteiger partial charge in [0.2, 0.25) is 0 Å². The van der Waals surface area contributed by atoms with Gasteiger partial charge in [-0.3, -0.25) is 4.21 Å². The number of benzene rings is 2. The molecule has 1 aromatic heterocycles. The van der Waals surface area contributed by atoms with Crippen LogP contribution in [0.2, 0.25) is 0 Å². The minimum absolute atomic E-state index is 0.0281. The Balaban J connectivity index is 1.63. The minimum atomic E-state index is -1.44. The van der Waals surface area contributed by atoms with Crippen LogP contribution in [0.3, 0.4) is 0 Å². The van der Waals surface area contributed by atoms with E-state index in [-0.39, 0.29) is 17.1 Å². The van der Waals surface area contributed by atoms with Crippen LogP contribution in [0.4, 0.5) is 5.69 Å². The summed E-state index contributed by atoms with van der Waals surface area (Å²) in [5, 5.41) is 10.0. The van der Waals surface area contributed by atoms with E-state index in [2.05, 4.69) is 23.6 Å². The molecule has 0 aliphatic carbocycles. The predicted octanol–water partition coefficient (Wildman–Crippen LogP) is 4.88. The van der Waals surface area contributed by atoms with E-state index in [1.807, 2.05) is 24.3 Å². The highest BCUT2D eigenvalue weighted by Gasteiger charge is 2.32. The topological polar surface area (TPSA) is 83.2 Å².